The zero-order chi connectivity index (χ0) is 12.8. The van der Waals surface area contributed by atoms with E-state index < -0.39 is 0 Å². The van der Waals surface area contributed by atoms with Crippen molar-refractivity contribution in [3.05, 3.63) is 11.9 Å². The maximum atomic E-state index is 5.49. The predicted octanol–water partition coefficient (Wildman–Crippen LogP) is 0.143. The molecular formula is C12H23N5O. The van der Waals surface area contributed by atoms with Gasteiger partial charge >= 0.3 is 0 Å². The van der Waals surface area contributed by atoms with Crippen LogP contribution in [0.25, 0.3) is 0 Å². The van der Waals surface area contributed by atoms with Gasteiger partial charge in [-0.25, -0.2) is 0 Å². The van der Waals surface area contributed by atoms with E-state index in [1.807, 2.05) is 10.9 Å². The van der Waals surface area contributed by atoms with Crippen molar-refractivity contribution in [2.24, 2.45) is 11.1 Å². The quantitative estimate of drug-likeness (QED) is 0.612. The maximum absolute atomic E-state index is 5.49. The smallest absolute Gasteiger partial charge is 0.0962 e. The van der Waals surface area contributed by atoms with Gasteiger partial charge < -0.3 is 15.8 Å². The maximum Gasteiger partial charge on any atom is 0.0962 e. The molecule has 0 unspecified atom stereocenters. The van der Waals surface area contributed by atoms with Crippen molar-refractivity contribution in [3.8, 4) is 0 Å². The van der Waals surface area contributed by atoms with E-state index in [-0.39, 0.29) is 0 Å². The monoisotopic (exact) mass is 253 g/mol. The van der Waals surface area contributed by atoms with Crippen molar-refractivity contribution in [1.82, 2.24) is 20.3 Å². The molecule has 0 spiro atoms. The summed E-state index contributed by atoms with van der Waals surface area (Å²) in [5.74, 6) is 0. The van der Waals surface area contributed by atoms with Gasteiger partial charge in [0.25, 0.3) is 0 Å². The van der Waals surface area contributed by atoms with Crippen LogP contribution < -0.4 is 11.1 Å². The fraction of sp³-hybridized carbons (Fsp3) is 0.833. The summed E-state index contributed by atoms with van der Waals surface area (Å²) in [6.07, 6.45) is 5.71. The molecule has 1 aliphatic carbocycles. The van der Waals surface area contributed by atoms with Crippen LogP contribution in [0.5, 0.6) is 0 Å². The summed E-state index contributed by atoms with van der Waals surface area (Å²) in [6, 6.07) is 0. The number of aromatic nitrogens is 3. The highest BCUT2D eigenvalue weighted by atomic mass is 16.5. The van der Waals surface area contributed by atoms with Gasteiger partial charge in [-0.1, -0.05) is 5.21 Å². The highest BCUT2D eigenvalue weighted by Crippen LogP contribution is 2.48. The molecule has 0 amide bonds. The summed E-state index contributed by atoms with van der Waals surface area (Å²) < 4.78 is 6.98. The van der Waals surface area contributed by atoms with Crippen LogP contribution >= 0.6 is 0 Å². The lowest BCUT2D eigenvalue weighted by molar-refractivity contribution is 0.171. The summed E-state index contributed by atoms with van der Waals surface area (Å²) in [6.45, 7) is 4.16. The fourth-order valence-electron chi connectivity index (χ4n) is 2.10. The van der Waals surface area contributed by atoms with Crippen LogP contribution in [0.1, 0.15) is 25.0 Å². The van der Waals surface area contributed by atoms with Crippen LogP contribution in [0.4, 0.5) is 0 Å². The van der Waals surface area contributed by atoms with Gasteiger partial charge in [-0.2, -0.15) is 0 Å². The molecule has 102 valence electrons. The van der Waals surface area contributed by atoms with Gasteiger partial charge in [0.15, 0.2) is 0 Å². The van der Waals surface area contributed by atoms with Crippen LogP contribution in [0.3, 0.4) is 0 Å². The van der Waals surface area contributed by atoms with Crippen LogP contribution in [-0.4, -0.2) is 41.8 Å². The molecule has 0 aliphatic heterocycles. The number of nitrogens with two attached hydrogens (primary N) is 1. The van der Waals surface area contributed by atoms with E-state index in [9.17, 15) is 0 Å². The van der Waals surface area contributed by atoms with E-state index in [0.29, 0.717) is 12.0 Å². The molecule has 6 heteroatoms. The number of ether oxygens (including phenoxy) is 1. The molecule has 1 aromatic heterocycles. The third-order valence-corrected chi connectivity index (χ3v) is 3.61. The van der Waals surface area contributed by atoms with Crippen molar-refractivity contribution in [2.75, 3.05) is 26.8 Å². The fourth-order valence-corrected chi connectivity index (χ4v) is 2.10. The van der Waals surface area contributed by atoms with Gasteiger partial charge in [-0.3, -0.25) is 4.68 Å². The molecule has 3 N–H and O–H groups in total. The lowest BCUT2D eigenvalue weighted by Crippen LogP contribution is -2.28. The molecular weight excluding hydrogens is 230 g/mol. The topological polar surface area (TPSA) is 78.0 Å². The molecule has 18 heavy (non-hydrogen) atoms. The van der Waals surface area contributed by atoms with E-state index in [1.54, 1.807) is 7.11 Å². The Labute approximate surface area is 108 Å². The Balaban J connectivity index is 1.61. The van der Waals surface area contributed by atoms with Crippen molar-refractivity contribution in [2.45, 2.75) is 32.4 Å². The normalized spacial score (nSPS) is 17.0. The lowest BCUT2D eigenvalue weighted by atomic mass is 10.0. The number of nitrogens with zero attached hydrogens (tertiary/aromatic N) is 3. The molecule has 1 fully saturated rings. The number of hydrogen-bond acceptors (Lipinski definition) is 5. The van der Waals surface area contributed by atoms with Crippen molar-refractivity contribution >= 4 is 0 Å². The molecule has 1 aliphatic rings. The second kappa shape index (κ2) is 6.26. The standard InChI is InChI=1S/C12H23N5O/c1-18-7-4-12(2-3-12)10-14-5-6-17-9-11(8-13)15-16-17/h9,14H,2-8,10,13H2,1H3. The van der Waals surface area contributed by atoms with Crippen LogP contribution in [0.2, 0.25) is 0 Å². The molecule has 6 nitrogen and oxygen atoms in total. The summed E-state index contributed by atoms with van der Waals surface area (Å²) >= 11 is 0. The molecule has 0 atom stereocenters. The molecule has 1 heterocycles. The first-order chi connectivity index (χ1) is 8.78. The SMILES string of the molecule is COCCC1(CNCCn2cc(CN)nn2)CC1. The molecule has 1 aromatic rings. The van der Waals surface area contributed by atoms with Gasteiger partial charge in [0.1, 0.15) is 0 Å². The molecule has 0 aromatic carbocycles. The van der Waals surface area contributed by atoms with E-state index in [0.717, 1.165) is 38.4 Å². The van der Waals surface area contributed by atoms with Crippen LogP contribution in [-0.2, 0) is 17.8 Å². The number of nitrogens with one attached hydrogen (secondary N) is 1. The van der Waals surface area contributed by atoms with Gasteiger partial charge in [0.2, 0.25) is 0 Å². The van der Waals surface area contributed by atoms with E-state index >= 15 is 0 Å². The molecule has 0 bridgehead atoms. The van der Waals surface area contributed by atoms with Gasteiger partial charge in [0.05, 0.1) is 12.2 Å². The zero-order valence-corrected chi connectivity index (χ0v) is 11.1. The highest BCUT2D eigenvalue weighted by molar-refractivity contribution is 4.94. The zero-order valence-electron chi connectivity index (χ0n) is 11.1. The summed E-state index contributed by atoms with van der Waals surface area (Å²) in [4.78, 5) is 0. The molecule has 1 saturated carbocycles. The largest absolute Gasteiger partial charge is 0.385 e. The van der Waals surface area contributed by atoms with E-state index in [2.05, 4.69) is 15.6 Å². The lowest BCUT2D eigenvalue weighted by Gasteiger charge is -2.15. The Kier molecular flexibility index (Phi) is 4.68. The first-order valence-electron chi connectivity index (χ1n) is 6.57. The highest BCUT2D eigenvalue weighted by Gasteiger charge is 2.41. The third-order valence-electron chi connectivity index (χ3n) is 3.61. The Hall–Kier alpha value is -0.980. The molecule has 2 rings (SSSR count). The van der Waals surface area contributed by atoms with E-state index in [1.165, 1.54) is 12.8 Å². The average Bonchev–Trinajstić information content (AvgIpc) is 3.01. The van der Waals surface area contributed by atoms with Gasteiger partial charge in [0, 0.05) is 39.5 Å². The Bertz CT molecular complexity index is 361. The van der Waals surface area contributed by atoms with Gasteiger partial charge in [-0.05, 0) is 24.7 Å². The summed E-state index contributed by atoms with van der Waals surface area (Å²) in [5.41, 5.74) is 6.83. The van der Waals surface area contributed by atoms with Crippen molar-refractivity contribution < 1.29 is 4.74 Å². The Morgan fingerprint density at radius 3 is 3.00 bits per heavy atom. The third kappa shape index (κ3) is 3.76. The Morgan fingerprint density at radius 2 is 2.39 bits per heavy atom. The second-order valence-electron chi connectivity index (χ2n) is 5.10. The minimum atomic E-state index is 0.452. The molecule has 0 radical (unpaired) electrons. The predicted molar refractivity (Wildman–Crippen MR) is 68.9 cm³/mol. The minimum absolute atomic E-state index is 0.452. The minimum Gasteiger partial charge on any atom is -0.385 e. The average molecular weight is 253 g/mol. The first-order valence-corrected chi connectivity index (χ1v) is 6.57. The number of rotatable bonds is 9. The van der Waals surface area contributed by atoms with Crippen molar-refractivity contribution in [1.29, 1.82) is 0 Å². The number of hydrogen-bond donors (Lipinski definition) is 2. The van der Waals surface area contributed by atoms with Crippen LogP contribution in [0, 0.1) is 5.41 Å². The summed E-state index contributed by atoms with van der Waals surface area (Å²) in [5, 5.41) is 11.5. The summed E-state index contributed by atoms with van der Waals surface area (Å²) in [7, 11) is 1.77. The Morgan fingerprint density at radius 1 is 1.56 bits per heavy atom. The van der Waals surface area contributed by atoms with E-state index in [4.69, 9.17) is 10.5 Å². The van der Waals surface area contributed by atoms with Crippen molar-refractivity contribution in [3.63, 3.8) is 0 Å². The molecule has 0 saturated heterocycles. The second-order valence-corrected chi connectivity index (χ2v) is 5.10. The first kappa shape index (κ1) is 13.5. The van der Waals surface area contributed by atoms with Crippen LogP contribution in [0.15, 0.2) is 6.20 Å². The van der Waals surface area contributed by atoms with Gasteiger partial charge in [-0.15, -0.1) is 5.10 Å². The number of methoxy groups -OCH3 is 1.